The molecule has 2 saturated heterocycles. The van der Waals surface area contributed by atoms with Crippen LogP contribution in [-0.4, -0.2) is 78.2 Å². The fourth-order valence-electron chi connectivity index (χ4n) is 5.66. The van der Waals surface area contributed by atoms with Crippen LogP contribution in [0.25, 0.3) is 11.0 Å². The lowest BCUT2D eigenvalue weighted by Gasteiger charge is -2.40. The molecule has 37 heavy (non-hydrogen) atoms. The molecule has 6 rings (SSSR count). The highest BCUT2D eigenvalue weighted by Gasteiger charge is 2.30. The van der Waals surface area contributed by atoms with Crippen molar-refractivity contribution in [2.24, 2.45) is 0 Å². The molecule has 1 aromatic carbocycles. The molecule has 3 aromatic rings. The normalized spacial score (nSPS) is 19.1. The zero-order chi connectivity index (χ0) is 25.4. The summed E-state index contributed by atoms with van der Waals surface area (Å²) in [5.41, 5.74) is 3.85. The van der Waals surface area contributed by atoms with Crippen molar-refractivity contribution >= 4 is 28.4 Å². The SMILES string of the molecule is COc1cc(C(=O)N2CCC(N3CCOCC3)CC2)ccc1Nc1cc(C2CC2)c2c(C#N)c[nH]c2n1. The van der Waals surface area contributed by atoms with E-state index in [1.54, 1.807) is 13.3 Å². The number of carbonyl (C=O) groups excluding carboxylic acids is 1. The highest BCUT2D eigenvalue weighted by atomic mass is 16.5. The van der Waals surface area contributed by atoms with Gasteiger partial charge in [0, 0.05) is 49.4 Å². The molecule has 192 valence electrons. The fraction of sp³-hybridized carbons (Fsp3) is 0.464. The van der Waals surface area contributed by atoms with Gasteiger partial charge in [-0.15, -0.1) is 0 Å². The van der Waals surface area contributed by atoms with Crippen molar-refractivity contribution < 1.29 is 14.3 Å². The Kier molecular flexibility index (Phi) is 6.45. The number of carbonyl (C=O) groups is 1. The molecule has 0 radical (unpaired) electrons. The molecule has 2 aliphatic heterocycles. The summed E-state index contributed by atoms with van der Waals surface area (Å²) in [6.07, 6.45) is 5.95. The van der Waals surface area contributed by atoms with Gasteiger partial charge >= 0.3 is 0 Å². The van der Waals surface area contributed by atoms with Crippen LogP contribution in [0.4, 0.5) is 11.5 Å². The van der Waals surface area contributed by atoms with Gasteiger partial charge in [0.2, 0.25) is 0 Å². The predicted octanol–water partition coefficient (Wildman–Crippen LogP) is 4.00. The van der Waals surface area contributed by atoms with E-state index >= 15 is 0 Å². The highest BCUT2D eigenvalue weighted by Crippen LogP contribution is 2.45. The first-order chi connectivity index (χ1) is 18.1. The van der Waals surface area contributed by atoms with E-state index in [4.69, 9.17) is 14.5 Å². The Balaban J connectivity index is 1.17. The van der Waals surface area contributed by atoms with Crippen molar-refractivity contribution in [2.45, 2.75) is 37.6 Å². The Labute approximate surface area is 216 Å². The number of nitriles is 1. The number of fused-ring (bicyclic) bond motifs is 1. The smallest absolute Gasteiger partial charge is 0.253 e. The molecule has 9 nitrogen and oxygen atoms in total. The molecule has 1 saturated carbocycles. The minimum absolute atomic E-state index is 0.0382. The maximum absolute atomic E-state index is 13.3. The first kappa shape index (κ1) is 23.8. The quantitative estimate of drug-likeness (QED) is 0.527. The zero-order valence-corrected chi connectivity index (χ0v) is 21.1. The third kappa shape index (κ3) is 4.75. The number of pyridine rings is 1. The molecular formula is C28H32N6O3. The second-order valence-electron chi connectivity index (χ2n) is 10.1. The van der Waals surface area contributed by atoms with Crippen LogP contribution in [-0.2, 0) is 4.74 Å². The molecule has 1 amide bonds. The number of nitrogens with one attached hydrogen (secondary N) is 2. The Morgan fingerprint density at radius 3 is 2.65 bits per heavy atom. The third-order valence-corrected chi connectivity index (χ3v) is 7.84. The number of piperidine rings is 1. The average molecular weight is 501 g/mol. The molecular weight excluding hydrogens is 468 g/mol. The molecule has 4 heterocycles. The van der Waals surface area contributed by atoms with E-state index in [2.05, 4.69) is 21.3 Å². The van der Waals surface area contributed by atoms with E-state index in [0.29, 0.717) is 40.3 Å². The van der Waals surface area contributed by atoms with Crippen LogP contribution in [0.5, 0.6) is 5.75 Å². The van der Waals surface area contributed by atoms with Gasteiger partial charge in [0.1, 0.15) is 23.3 Å². The predicted molar refractivity (Wildman–Crippen MR) is 140 cm³/mol. The minimum Gasteiger partial charge on any atom is -0.495 e. The number of amides is 1. The van der Waals surface area contributed by atoms with Crippen molar-refractivity contribution in [3.05, 3.63) is 47.2 Å². The second kappa shape index (κ2) is 10.0. The second-order valence-corrected chi connectivity index (χ2v) is 10.1. The van der Waals surface area contributed by atoms with Crippen LogP contribution in [0.3, 0.4) is 0 Å². The van der Waals surface area contributed by atoms with E-state index < -0.39 is 0 Å². The summed E-state index contributed by atoms with van der Waals surface area (Å²) >= 11 is 0. The molecule has 0 bridgehead atoms. The van der Waals surface area contributed by atoms with Crippen LogP contribution in [0.2, 0.25) is 0 Å². The first-order valence-corrected chi connectivity index (χ1v) is 13.1. The molecule has 2 aromatic heterocycles. The number of likely N-dealkylation sites (tertiary alicyclic amines) is 1. The lowest BCUT2D eigenvalue weighted by molar-refractivity contribution is 0.00159. The van der Waals surface area contributed by atoms with Gasteiger partial charge in [-0.05, 0) is 61.4 Å². The lowest BCUT2D eigenvalue weighted by Crippen LogP contribution is -2.50. The number of aromatic nitrogens is 2. The van der Waals surface area contributed by atoms with Crippen LogP contribution in [0.1, 0.15) is 53.1 Å². The molecule has 0 atom stereocenters. The van der Waals surface area contributed by atoms with Gasteiger partial charge in [-0.3, -0.25) is 9.69 Å². The number of H-pyrrole nitrogens is 1. The Morgan fingerprint density at radius 2 is 1.95 bits per heavy atom. The molecule has 3 aliphatic rings. The number of hydrogen-bond acceptors (Lipinski definition) is 7. The monoisotopic (exact) mass is 500 g/mol. The van der Waals surface area contributed by atoms with Gasteiger partial charge in [0.05, 0.1) is 31.6 Å². The number of nitrogens with zero attached hydrogens (tertiary/aromatic N) is 4. The summed E-state index contributed by atoms with van der Waals surface area (Å²) in [6, 6.07) is 10.4. The number of hydrogen-bond donors (Lipinski definition) is 2. The number of aromatic amines is 1. The molecule has 0 unspecified atom stereocenters. The van der Waals surface area contributed by atoms with Crippen molar-refractivity contribution in [1.82, 2.24) is 19.8 Å². The van der Waals surface area contributed by atoms with Gasteiger partial charge in [-0.25, -0.2) is 4.98 Å². The van der Waals surface area contributed by atoms with E-state index in [9.17, 15) is 10.1 Å². The van der Waals surface area contributed by atoms with Crippen LogP contribution in [0, 0.1) is 11.3 Å². The van der Waals surface area contributed by atoms with E-state index in [0.717, 1.165) is 81.7 Å². The number of rotatable bonds is 6. The van der Waals surface area contributed by atoms with Crippen molar-refractivity contribution in [3.8, 4) is 11.8 Å². The standard InChI is InChI=1S/C28H32N6O3/c1-36-24-14-19(28(35)34-8-6-21(7-9-34)33-10-12-37-13-11-33)4-5-23(24)31-25-15-22(18-2-3-18)26-20(16-29)17-30-27(26)32-25/h4-5,14-15,17-18,21H,2-3,6-13H2,1H3,(H2,30,31,32). The van der Waals surface area contributed by atoms with Crippen molar-refractivity contribution in [1.29, 1.82) is 5.26 Å². The van der Waals surface area contributed by atoms with Gasteiger partial charge in [-0.2, -0.15) is 5.26 Å². The van der Waals surface area contributed by atoms with Gasteiger partial charge < -0.3 is 24.7 Å². The zero-order valence-electron chi connectivity index (χ0n) is 21.1. The summed E-state index contributed by atoms with van der Waals surface area (Å²) in [7, 11) is 1.61. The topological polar surface area (TPSA) is 107 Å². The molecule has 3 fully saturated rings. The van der Waals surface area contributed by atoms with Crippen molar-refractivity contribution in [3.63, 3.8) is 0 Å². The number of morpholine rings is 1. The summed E-state index contributed by atoms with van der Waals surface area (Å²) in [5.74, 6) is 1.77. The largest absolute Gasteiger partial charge is 0.495 e. The summed E-state index contributed by atoms with van der Waals surface area (Å²) in [4.78, 5) is 25.6. The van der Waals surface area contributed by atoms with Crippen LogP contribution < -0.4 is 10.1 Å². The molecule has 1 aliphatic carbocycles. The van der Waals surface area contributed by atoms with Crippen molar-refractivity contribution in [2.75, 3.05) is 51.8 Å². The minimum atomic E-state index is 0.0382. The van der Waals surface area contributed by atoms with E-state index in [-0.39, 0.29) is 5.91 Å². The molecule has 9 heteroatoms. The fourth-order valence-corrected chi connectivity index (χ4v) is 5.66. The Hall–Kier alpha value is -3.61. The van der Waals surface area contributed by atoms with Gasteiger partial charge in [0.15, 0.2) is 0 Å². The summed E-state index contributed by atoms with van der Waals surface area (Å²) in [5, 5.41) is 13.8. The van der Waals surface area contributed by atoms with E-state index in [1.165, 1.54) is 0 Å². The Bertz CT molecular complexity index is 1340. The number of methoxy groups -OCH3 is 1. The highest BCUT2D eigenvalue weighted by molar-refractivity contribution is 5.95. The van der Waals surface area contributed by atoms with Crippen LogP contribution >= 0.6 is 0 Å². The molecule has 2 N–H and O–H groups in total. The molecule has 0 spiro atoms. The number of anilines is 2. The summed E-state index contributed by atoms with van der Waals surface area (Å²) < 4.78 is 11.1. The van der Waals surface area contributed by atoms with Crippen LogP contribution in [0.15, 0.2) is 30.5 Å². The number of benzene rings is 1. The Morgan fingerprint density at radius 1 is 1.16 bits per heavy atom. The number of ether oxygens (including phenoxy) is 2. The summed E-state index contributed by atoms with van der Waals surface area (Å²) in [6.45, 7) is 5.10. The van der Waals surface area contributed by atoms with E-state index in [1.807, 2.05) is 29.2 Å². The lowest BCUT2D eigenvalue weighted by atomic mass is 10.0. The van der Waals surface area contributed by atoms with Gasteiger partial charge in [-0.1, -0.05) is 0 Å². The van der Waals surface area contributed by atoms with Gasteiger partial charge in [0.25, 0.3) is 5.91 Å². The maximum Gasteiger partial charge on any atom is 0.253 e. The average Bonchev–Trinajstić information content (AvgIpc) is 3.72. The maximum atomic E-state index is 13.3. The third-order valence-electron chi connectivity index (χ3n) is 7.84. The first-order valence-electron chi connectivity index (χ1n) is 13.1.